The Labute approximate surface area is 148 Å². The SMILES string of the molecule is CC.CC.CC(=O)c1ccc2c(C3CCC(=O)NC3=O)nn(C)c2c1. The number of piperidine rings is 1. The van der Waals surface area contributed by atoms with Crippen LogP contribution >= 0.6 is 0 Å². The average Bonchev–Trinajstić information content (AvgIpc) is 2.94. The minimum Gasteiger partial charge on any atom is -0.296 e. The van der Waals surface area contributed by atoms with Gasteiger partial charge in [-0.1, -0.05) is 39.8 Å². The molecule has 1 N–H and O–H groups in total. The van der Waals surface area contributed by atoms with Gasteiger partial charge >= 0.3 is 0 Å². The number of carbonyl (C=O) groups is 3. The van der Waals surface area contributed by atoms with Crippen LogP contribution in [0.2, 0.25) is 0 Å². The van der Waals surface area contributed by atoms with Crippen molar-refractivity contribution in [3.05, 3.63) is 29.5 Å². The van der Waals surface area contributed by atoms with Crippen molar-refractivity contribution in [2.75, 3.05) is 0 Å². The summed E-state index contributed by atoms with van der Waals surface area (Å²) in [6.45, 7) is 9.51. The second-order valence-electron chi connectivity index (χ2n) is 5.30. The van der Waals surface area contributed by atoms with Gasteiger partial charge in [-0.3, -0.25) is 24.4 Å². The van der Waals surface area contributed by atoms with Gasteiger partial charge in [-0.15, -0.1) is 0 Å². The van der Waals surface area contributed by atoms with Crippen molar-refractivity contribution in [3.63, 3.8) is 0 Å². The molecule has 6 heteroatoms. The first-order valence-electron chi connectivity index (χ1n) is 8.78. The van der Waals surface area contributed by atoms with Gasteiger partial charge in [-0.25, -0.2) is 0 Å². The number of ketones is 1. The summed E-state index contributed by atoms with van der Waals surface area (Å²) in [6.07, 6.45) is 0.783. The van der Waals surface area contributed by atoms with E-state index in [1.165, 1.54) is 6.92 Å². The third-order valence-electron chi connectivity index (χ3n) is 3.86. The molecule has 2 heterocycles. The molecule has 25 heavy (non-hydrogen) atoms. The predicted octanol–water partition coefficient (Wildman–Crippen LogP) is 3.35. The number of imide groups is 1. The zero-order valence-electron chi connectivity index (χ0n) is 15.8. The van der Waals surface area contributed by atoms with Crippen LogP contribution in [0.4, 0.5) is 0 Å². The van der Waals surface area contributed by atoms with Gasteiger partial charge in [0, 0.05) is 24.4 Å². The molecule has 1 saturated heterocycles. The van der Waals surface area contributed by atoms with E-state index in [1.807, 2.05) is 33.8 Å². The lowest BCUT2D eigenvalue weighted by molar-refractivity contribution is -0.134. The van der Waals surface area contributed by atoms with Crippen molar-refractivity contribution < 1.29 is 14.4 Å². The number of Topliss-reactive ketones (excluding diaryl/α,β-unsaturated/α-hetero) is 1. The topological polar surface area (TPSA) is 81.1 Å². The molecular formula is C19H27N3O3. The van der Waals surface area contributed by atoms with Gasteiger partial charge in [-0.05, 0) is 19.4 Å². The van der Waals surface area contributed by atoms with Gasteiger partial charge in [0.2, 0.25) is 11.8 Å². The van der Waals surface area contributed by atoms with Crippen molar-refractivity contribution in [1.82, 2.24) is 15.1 Å². The number of rotatable bonds is 2. The molecule has 1 aliphatic rings. The van der Waals surface area contributed by atoms with Crippen LogP contribution in [0.1, 0.15) is 69.4 Å². The summed E-state index contributed by atoms with van der Waals surface area (Å²) < 4.78 is 1.67. The van der Waals surface area contributed by atoms with E-state index in [4.69, 9.17) is 0 Å². The fourth-order valence-corrected chi connectivity index (χ4v) is 2.72. The maximum Gasteiger partial charge on any atom is 0.235 e. The lowest BCUT2D eigenvalue weighted by Gasteiger charge is -2.19. The molecule has 1 atom stereocenters. The molecule has 2 aromatic rings. The predicted molar refractivity (Wildman–Crippen MR) is 98.5 cm³/mol. The zero-order chi connectivity index (χ0) is 19.1. The summed E-state index contributed by atoms with van der Waals surface area (Å²) in [6, 6.07) is 5.33. The van der Waals surface area contributed by atoms with Crippen LogP contribution in [0.5, 0.6) is 0 Å². The third-order valence-corrected chi connectivity index (χ3v) is 3.86. The molecule has 3 rings (SSSR count). The van der Waals surface area contributed by atoms with E-state index >= 15 is 0 Å². The Balaban J connectivity index is 0.000000730. The Morgan fingerprint density at radius 1 is 1.20 bits per heavy atom. The summed E-state index contributed by atoms with van der Waals surface area (Å²) in [4.78, 5) is 34.7. The maximum atomic E-state index is 12.0. The Morgan fingerprint density at radius 2 is 1.84 bits per heavy atom. The fraction of sp³-hybridized carbons (Fsp3) is 0.474. The lowest BCUT2D eigenvalue weighted by atomic mass is 9.92. The van der Waals surface area contributed by atoms with Crippen LogP contribution in [0.15, 0.2) is 18.2 Å². The third kappa shape index (κ3) is 4.32. The number of nitrogens with zero attached hydrogens (tertiary/aromatic N) is 2. The normalized spacial score (nSPS) is 16.3. The monoisotopic (exact) mass is 345 g/mol. The maximum absolute atomic E-state index is 12.0. The smallest absolute Gasteiger partial charge is 0.235 e. The summed E-state index contributed by atoms with van der Waals surface area (Å²) in [5.74, 6) is -0.979. The van der Waals surface area contributed by atoms with E-state index in [9.17, 15) is 14.4 Å². The van der Waals surface area contributed by atoms with E-state index < -0.39 is 5.92 Å². The van der Waals surface area contributed by atoms with Crippen molar-refractivity contribution in [3.8, 4) is 0 Å². The zero-order valence-corrected chi connectivity index (χ0v) is 15.8. The molecule has 1 fully saturated rings. The molecule has 0 spiro atoms. The standard InChI is InChI=1S/C15H15N3O3.2C2H6/c1-8(19)9-3-4-10-12(7-9)18(2)17-14(10)11-5-6-13(20)16-15(11)21;2*1-2/h3-4,7,11H,5-6H2,1-2H3,(H,16,20,21);2*1-2H3. The molecule has 0 radical (unpaired) electrons. The van der Waals surface area contributed by atoms with E-state index in [-0.39, 0.29) is 17.6 Å². The highest BCUT2D eigenvalue weighted by Gasteiger charge is 2.31. The van der Waals surface area contributed by atoms with Crippen molar-refractivity contribution in [2.45, 2.75) is 53.4 Å². The minimum absolute atomic E-state index is 0.0133. The first-order chi connectivity index (χ1) is 12.0. The minimum atomic E-state index is -0.422. The van der Waals surface area contributed by atoms with Crippen molar-refractivity contribution in [1.29, 1.82) is 0 Å². The Morgan fingerprint density at radius 3 is 2.40 bits per heavy atom. The van der Waals surface area contributed by atoms with Crippen LogP contribution in [0.25, 0.3) is 10.9 Å². The highest BCUT2D eigenvalue weighted by molar-refractivity contribution is 6.03. The molecule has 1 aliphatic heterocycles. The van der Waals surface area contributed by atoms with E-state index in [2.05, 4.69) is 10.4 Å². The summed E-state index contributed by atoms with van der Waals surface area (Å²) in [7, 11) is 1.78. The van der Waals surface area contributed by atoms with Crippen LogP contribution in [-0.2, 0) is 16.6 Å². The van der Waals surface area contributed by atoms with Gasteiger partial charge in [0.15, 0.2) is 5.78 Å². The number of carbonyl (C=O) groups excluding carboxylic acids is 3. The lowest BCUT2D eigenvalue weighted by Crippen LogP contribution is -2.39. The van der Waals surface area contributed by atoms with E-state index in [0.717, 1.165) is 10.9 Å². The van der Waals surface area contributed by atoms with Gasteiger partial charge in [0.05, 0.1) is 17.1 Å². The van der Waals surface area contributed by atoms with Gasteiger partial charge < -0.3 is 0 Å². The number of benzene rings is 1. The highest BCUT2D eigenvalue weighted by atomic mass is 16.2. The molecule has 136 valence electrons. The van der Waals surface area contributed by atoms with E-state index in [1.54, 1.807) is 23.9 Å². The van der Waals surface area contributed by atoms with Gasteiger partial charge in [0.25, 0.3) is 0 Å². The van der Waals surface area contributed by atoms with Gasteiger partial charge in [-0.2, -0.15) is 5.10 Å². The van der Waals surface area contributed by atoms with Crippen LogP contribution in [0.3, 0.4) is 0 Å². The summed E-state index contributed by atoms with van der Waals surface area (Å²) in [5, 5.41) is 7.62. The largest absolute Gasteiger partial charge is 0.296 e. The molecule has 2 amide bonds. The second-order valence-corrected chi connectivity index (χ2v) is 5.30. The second kappa shape index (κ2) is 9.11. The first kappa shape index (κ1) is 20.5. The molecule has 1 aromatic heterocycles. The fourth-order valence-electron chi connectivity index (χ4n) is 2.72. The van der Waals surface area contributed by atoms with Crippen molar-refractivity contribution >= 4 is 28.5 Å². The number of fused-ring (bicyclic) bond motifs is 1. The molecular weight excluding hydrogens is 318 g/mol. The molecule has 0 aliphatic carbocycles. The average molecular weight is 345 g/mol. The number of hydrogen-bond donors (Lipinski definition) is 1. The number of nitrogens with one attached hydrogen (secondary N) is 1. The Kier molecular flexibility index (Phi) is 7.48. The van der Waals surface area contributed by atoms with E-state index in [0.29, 0.717) is 24.1 Å². The van der Waals surface area contributed by atoms with Crippen molar-refractivity contribution in [2.24, 2.45) is 7.05 Å². The molecule has 1 unspecified atom stereocenters. The summed E-state index contributed by atoms with van der Waals surface area (Å²) in [5.41, 5.74) is 2.08. The number of aromatic nitrogens is 2. The molecule has 6 nitrogen and oxygen atoms in total. The summed E-state index contributed by atoms with van der Waals surface area (Å²) >= 11 is 0. The number of aryl methyl sites for hydroxylation is 1. The number of hydrogen-bond acceptors (Lipinski definition) is 4. The Hall–Kier alpha value is -2.50. The van der Waals surface area contributed by atoms with Crippen LogP contribution in [-0.4, -0.2) is 27.4 Å². The Bertz CT molecular complexity index is 778. The quantitative estimate of drug-likeness (QED) is 0.668. The first-order valence-corrected chi connectivity index (χ1v) is 8.78. The molecule has 0 saturated carbocycles. The highest BCUT2D eigenvalue weighted by Crippen LogP contribution is 2.30. The molecule has 0 bridgehead atoms. The van der Waals surface area contributed by atoms with Crippen LogP contribution in [0, 0.1) is 0 Å². The van der Waals surface area contributed by atoms with Gasteiger partial charge in [0.1, 0.15) is 0 Å². The number of amides is 2. The molecule has 1 aromatic carbocycles. The van der Waals surface area contributed by atoms with Crippen LogP contribution < -0.4 is 5.32 Å².